The number of carbonyl (C=O) groups excluding carboxylic acids is 1. The van der Waals surface area contributed by atoms with Gasteiger partial charge in [-0.3, -0.25) is 9.69 Å². The van der Waals surface area contributed by atoms with Crippen LogP contribution in [-0.4, -0.2) is 23.0 Å². The summed E-state index contributed by atoms with van der Waals surface area (Å²) in [6.07, 6.45) is 5.01. The number of para-hydroxylation sites is 1. The van der Waals surface area contributed by atoms with Crippen LogP contribution in [0.25, 0.3) is 0 Å². The van der Waals surface area contributed by atoms with E-state index in [1.165, 1.54) is 6.92 Å². The summed E-state index contributed by atoms with van der Waals surface area (Å²) >= 11 is 0. The number of hydrogen-bond acceptors (Lipinski definition) is 2. The SMILES string of the molecule is C#CC(=O)N(c1ccccc1)[C@@H](C)C(=O)O. The number of aliphatic carboxylic acids is 1. The van der Waals surface area contributed by atoms with E-state index in [1.54, 1.807) is 30.3 Å². The molecule has 4 nitrogen and oxygen atoms in total. The molecule has 0 bridgehead atoms. The molecule has 0 aliphatic rings. The first-order valence-electron chi connectivity index (χ1n) is 4.65. The Morgan fingerprint density at radius 3 is 2.38 bits per heavy atom. The molecule has 0 unspecified atom stereocenters. The largest absolute Gasteiger partial charge is 0.480 e. The lowest BCUT2D eigenvalue weighted by Gasteiger charge is -2.24. The second-order valence-electron chi connectivity index (χ2n) is 3.17. The Morgan fingerprint density at radius 2 is 1.94 bits per heavy atom. The van der Waals surface area contributed by atoms with E-state index >= 15 is 0 Å². The van der Waals surface area contributed by atoms with Gasteiger partial charge >= 0.3 is 11.9 Å². The summed E-state index contributed by atoms with van der Waals surface area (Å²) < 4.78 is 0. The highest BCUT2D eigenvalue weighted by atomic mass is 16.4. The molecule has 0 fully saturated rings. The fourth-order valence-electron chi connectivity index (χ4n) is 1.29. The minimum absolute atomic E-state index is 0.473. The summed E-state index contributed by atoms with van der Waals surface area (Å²) in [5.41, 5.74) is 0.473. The Labute approximate surface area is 93.5 Å². The summed E-state index contributed by atoms with van der Waals surface area (Å²) in [5, 5.41) is 8.90. The molecule has 82 valence electrons. The van der Waals surface area contributed by atoms with Gasteiger partial charge in [-0.2, -0.15) is 0 Å². The number of carbonyl (C=O) groups is 2. The fraction of sp³-hybridized carbons (Fsp3) is 0.167. The molecule has 1 atom stereocenters. The molecule has 0 aliphatic carbocycles. The van der Waals surface area contributed by atoms with Crippen molar-refractivity contribution in [1.29, 1.82) is 0 Å². The van der Waals surface area contributed by atoms with Crippen molar-refractivity contribution >= 4 is 17.6 Å². The molecule has 0 saturated carbocycles. The average Bonchev–Trinajstić information content (AvgIpc) is 2.30. The summed E-state index contributed by atoms with van der Waals surface area (Å²) in [6, 6.07) is 7.46. The Kier molecular flexibility index (Phi) is 3.67. The van der Waals surface area contributed by atoms with Gasteiger partial charge in [-0.25, -0.2) is 4.79 Å². The van der Waals surface area contributed by atoms with Gasteiger partial charge in [0.25, 0.3) is 0 Å². The quantitative estimate of drug-likeness (QED) is 0.772. The lowest BCUT2D eigenvalue weighted by atomic mass is 10.2. The number of anilines is 1. The molecular weight excluding hydrogens is 206 g/mol. The van der Waals surface area contributed by atoms with Gasteiger partial charge in [0.15, 0.2) is 0 Å². The Morgan fingerprint density at radius 1 is 1.38 bits per heavy atom. The maximum Gasteiger partial charge on any atom is 0.326 e. The highest BCUT2D eigenvalue weighted by Crippen LogP contribution is 2.16. The van der Waals surface area contributed by atoms with E-state index < -0.39 is 17.9 Å². The van der Waals surface area contributed by atoms with Gasteiger partial charge in [0.05, 0.1) is 0 Å². The van der Waals surface area contributed by atoms with Crippen LogP contribution in [0.1, 0.15) is 6.92 Å². The molecule has 1 aromatic rings. The first-order chi connectivity index (χ1) is 7.57. The second kappa shape index (κ2) is 4.99. The predicted molar refractivity (Wildman–Crippen MR) is 59.9 cm³/mol. The third kappa shape index (κ3) is 2.39. The molecule has 4 heteroatoms. The van der Waals surface area contributed by atoms with Crippen LogP contribution in [0.5, 0.6) is 0 Å². The monoisotopic (exact) mass is 217 g/mol. The van der Waals surface area contributed by atoms with E-state index in [1.807, 2.05) is 5.92 Å². The standard InChI is InChI=1S/C12H11NO3/c1-3-11(14)13(9(2)12(15)16)10-7-5-4-6-8-10/h1,4-9H,2H3,(H,15,16)/t9-/m0/s1. The first-order valence-corrected chi connectivity index (χ1v) is 4.65. The number of carboxylic acids is 1. The summed E-state index contributed by atoms with van der Waals surface area (Å²) in [7, 11) is 0. The van der Waals surface area contributed by atoms with Gasteiger partial charge in [0.2, 0.25) is 0 Å². The molecule has 1 amide bonds. The van der Waals surface area contributed by atoms with Crippen LogP contribution >= 0.6 is 0 Å². The average molecular weight is 217 g/mol. The molecule has 1 aromatic carbocycles. The van der Waals surface area contributed by atoms with Gasteiger partial charge in [-0.15, -0.1) is 6.42 Å². The maximum atomic E-state index is 11.5. The topological polar surface area (TPSA) is 57.6 Å². The Hall–Kier alpha value is -2.28. The minimum Gasteiger partial charge on any atom is -0.480 e. The van der Waals surface area contributed by atoms with Crippen molar-refractivity contribution in [1.82, 2.24) is 0 Å². The summed E-state index contributed by atoms with van der Waals surface area (Å²) in [6.45, 7) is 1.41. The number of rotatable bonds is 3. The smallest absolute Gasteiger partial charge is 0.326 e. The zero-order valence-electron chi connectivity index (χ0n) is 8.75. The van der Waals surface area contributed by atoms with E-state index in [0.717, 1.165) is 4.90 Å². The van der Waals surface area contributed by atoms with Crippen molar-refractivity contribution in [3.63, 3.8) is 0 Å². The molecule has 0 spiro atoms. The Balaban J connectivity index is 3.12. The molecule has 1 N–H and O–H groups in total. The first kappa shape index (κ1) is 11.8. The van der Waals surface area contributed by atoms with Crippen LogP contribution in [0.4, 0.5) is 5.69 Å². The summed E-state index contributed by atoms with van der Waals surface area (Å²) in [5.74, 6) is 0.153. The van der Waals surface area contributed by atoms with Crippen molar-refractivity contribution < 1.29 is 14.7 Å². The van der Waals surface area contributed by atoms with Crippen molar-refractivity contribution in [3.05, 3.63) is 30.3 Å². The Bertz CT molecular complexity index is 433. The van der Waals surface area contributed by atoms with Crippen LogP contribution in [0.15, 0.2) is 30.3 Å². The molecule has 0 radical (unpaired) electrons. The zero-order valence-corrected chi connectivity index (χ0v) is 8.75. The van der Waals surface area contributed by atoms with Crippen molar-refractivity contribution in [2.75, 3.05) is 4.90 Å². The van der Waals surface area contributed by atoms with E-state index in [2.05, 4.69) is 0 Å². The molecule has 1 rings (SSSR count). The van der Waals surface area contributed by atoms with Crippen LogP contribution in [0.3, 0.4) is 0 Å². The van der Waals surface area contributed by atoms with E-state index in [-0.39, 0.29) is 0 Å². The maximum absolute atomic E-state index is 11.5. The number of carboxylic acid groups (broad SMARTS) is 1. The number of hydrogen-bond donors (Lipinski definition) is 1. The lowest BCUT2D eigenvalue weighted by molar-refractivity contribution is -0.139. The molecule has 0 saturated heterocycles. The van der Waals surface area contributed by atoms with Gasteiger partial charge in [-0.05, 0) is 25.0 Å². The van der Waals surface area contributed by atoms with Gasteiger partial charge in [0, 0.05) is 5.69 Å². The second-order valence-corrected chi connectivity index (χ2v) is 3.17. The van der Waals surface area contributed by atoms with E-state index in [0.29, 0.717) is 5.69 Å². The molecule has 16 heavy (non-hydrogen) atoms. The van der Waals surface area contributed by atoms with Crippen molar-refractivity contribution in [2.45, 2.75) is 13.0 Å². The van der Waals surface area contributed by atoms with E-state index in [4.69, 9.17) is 11.5 Å². The highest BCUT2D eigenvalue weighted by molar-refractivity contribution is 6.08. The number of nitrogens with zero attached hydrogens (tertiary/aromatic N) is 1. The zero-order chi connectivity index (χ0) is 12.1. The van der Waals surface area contributed by atoms with Crippen LogP contribution in [-0.2, 0) is 9.59 Å². The lowest BCUT2D eigenvalue weighted by Crippen LogP contribution is -2.42. The molecular formula is C12H11NO3. The van der Waals surface area contributed by atoms with Gasteiger partial charge in [0.1, 0.15) is 6.04 Å². The van der Waals surface area contributed by atoms with Crippen LogP contribution < -0.4 is 4.90 Å². The van der Waals surface area contributed by atoms with Crippen molar-refractivity contribution in [2.24, 2.45) is 0 Å². The highest BCUT2D eigenvalue weighted by Gasteiger charge is 2.25. The van der Waals surface area contributed by atoms with Gasteiger partial charge < -0.3 is 5.11 Å². The molecule has 0 aliphatic heterocycles. The van der Waals surface area contributed by atoms with Crippen LogP contribution in [0, 0.1) is 12.3 Å². The van der Waals surface area contributed by atoms with E-state index in [9.17, 15) is 9.59 Å². The predicted octanol–water partition coefficient (Wildman–Crippen LogP) is 1.13. The van der Waals surface area contributed by atoms with Crippen LogP contribution in [0.2, 0.25) is 0 Å². The van der Waals surface area contributed by atoms with Gasteiger partial charge in [-0.1, -0.05) is 18.2 Å². The fourth-order valence-corrected chi connectivity index (χ4v) is 1.29. The summed E-state index contributed by atoms with van der Waals surface area (Å²) in [4.78, 5) is 23.4. The molecule has 0 heterocycles. The molecule has 0 aromatic heterocycles. The third-order valence-corrected chi connectivity index (χ3v) is 2.12. The number of terminal acetylenes is 1. The number of amides is 1. The third-order valence-electron chi connectivity index (χ3n) is 2.12. The number of benzene rings is 1. The normalized spacial score (nSPS) is 11.2. The van der Waals surface area contributed by atoms with Crippen molar-refractivity contribution in [3.8, 4) is 12.3 Å². The minimum atomic E-state index is -1.10.